The molecular formula is C6H9N3O3S. The Morgan fingerprint density at radius 2 is 2.38 bits per heavy atom. The van der Waals surface area contributed by atoms with Crippen molar-refractivity contribution in [3.8, 4) is 0 Å². The van der Waals surface area contributed by atoms with Gasteiger partial charge in [0.2, 0.25) is 10.0 Å². The maximum absolute atomic E-state index is 11.1. The van der Waals surface area contributed by atoms with Gasteiger partial charge in [-0.05, 0) is 6.92 Å². The lowest BCUT2D eigenvalue weighted by Crippen LogP contribution is -2.31. The zero-order valence-corrected chi connectivity index (χ0v) is 7.76. The van der Waals surface area contributed by atoms with Crippen LogP contribution in [0.15, 0.2) is 12.4 Å². The van der Waals surface area contributed by atoms with Crippen LogP contribution >= 0.6 is 0 Å². The van der Waals surface area contributed by atoms with Crippen LogP contribution in [0.2, 0.25) is 0 Å². The number of nitrogens with one attached hydrogen (secondary N) is 2. The number of rotatable bonds is 3. The average Bonchev–Trinajstić information content (AvgIpc) is 2.55. The maximum atomic E-state index is 11.1. The highest BCUT2D eigenvalue weighted by molar-refractivity contribution is 7.90. The summed E-state index contributed by atoms with van der Waals surface area (Å²) in [5.41, 5.74) is 0.192. The van der Waals surface area contributed by atoms with Gasteiger partial charge in [0.15, 0.2) is 0 Å². The normalized spacial score (nSPS) is 11.2. The molecule has 6 nitrogen and oxygen atoms in total. The monoisotopic (exact) mass is 203 g/mol. The third-order valence-electron chi connectivity index (χ3n) is 1.39. The van der Waals surface area contributed by atoms with Crippen LogP contribution < -0.4 is 4.72 Å². The van der Waals surface area contributed by atoms with Gasteiger partial charge in [-0.2, -0.15) is 5.10 Å². The zero-order chi connectivity index (χ0) is 9.90. The minimum absolute atomic E-state index is 0.128. The Kier molecular flexibility index (Phi) is 2.66. The van der Waals surface area contributed by atoms with Gasteiger partial charge in [0, 0.05) is 6.20 Å². The van der Waals surface area contributed by atoms with Gasteiger partial charge in [0.25, 0.3) is 5.91 Å². The van der Waals surface area contributed by atoms with Crippen molar-refractivity contribution in [1.82, 2.24) is 14.9 Å². The molecule has 1 heterocycles. The lowest BCUT2D eigenvalue weighted by atomic mass is 10.4. The number of amides is 1. The molecule has 2 N–H and O–H groups in total. The first-order valence-electron chi connectivity index (χ1n) is 3.59. The van der Waals surface area contributed by atoms with E-state index in [9.17, 15) is 13.2 Å². The number of H-pyrrole nitrogens is 1. The average molecular weight is 203 g/mol. The van der Waals surface area contributed by atoms with Crippen molar-refractivity contribution in [2.75, 3.05) is 5.75 Å². The van der Waals surface area contributed by atoms with Crippen molar-refractivity contribution in [2.24, 2.45) is 0 Å². The number of hydrogen-bond acceptors (Lipinski definition) is 4. The molecule has 0 aliphatic rings. The number of nitrogens with zero attached hydrogens (tertiary/aromatic N) is 1. The van der Waals surface area contributed by atoms with Crippen molar-refractivity contribution in [3.05, 3.63) is 18.0 Å². The summed E-state index contributed by atoms with van der Waals surface area (Å²) in [5, 5.41) is 5.93. The van der Waals surface area contributed by atoms with Crippen LogP contribution in [0.1, 0.15) is 17.3 Å². The number of carbonyl (C=O) groups excluding carboxylic acids is 1. The highest BCUT2D eigenvalue weighted by atomic mass is 32.2. The summed E-state index contributed by atoms with van der Waals surface area (Å²) in [6.45, 7) is 1.45. The molecule has 0 saturated carbocycles. The first kappa shape index (κ1) is 9.72. The maximum Gasteiger partial charge on any atom is 0.267 e. The van der Waals surface area contributed by atoms with E-state index in [4.69, 9.17) is 0 Å². The van der Waals surface area contributed by atoms with Crippen LogP contribution in [-0.4, -0.2) is 30.3 Å². The third kappa shape index (κ3) is 2.55. The van der Waals surface area contributed by atoms with Crippen molar-refractivity contribution in [2.45, 2.75) is 6.92 Å². The Hall–Kier alpha value is -1.37. The van der Waals surface area contributed by atoms with E-state index in [1.54, 1.807) is 0 Å². The van der Waals surface area contributed by atoms with Gasteiger partial charge in [-0.1, -0.05) is 0 Å². The molecule has 0 aliphatic carbocycles. The largest absolute Gasteiger partial charge is 0.285 e. The summed E-state index contributed by atoms with van der Waals surface area (Å²) in [6.07, 6.45) is 2.57. The van der Waals surface area contributed by atoms with Gasteiger partial charge in [-0.3, -0.25) is 9.89 Å². The van der Waals surface area contributed by atoms with Gasteiger partial charge >= 0.3 is 0 Å². The second kappa shape index (κ2) is 3.56. The molecule has 0 aromatic carbocycles. The Labute approximate surface area is 75.4 Å². The molecule has 72 valence electrons. The highest BCUT2D eigenvalue weighted by Crippen LogP contribution is 1.94. The topological polar surface area (TPSA) is 91.9 Å². The standard InChI is InChI=1S/C6H9N3O3S/c1-2-13(11,12)9-6(10)5-3-7-8-4-5/h3-4H,2H2,1H3,(H,7,8)(H,9,10). The van der Waals surface area contributed by atoms with E-state index in [0.29, 0.717) is 0 Å². The molecule has 1 aromatic rings. The van der Waals surface area contributed by atoms with Crippen LogP contribution in [0, 0.1) is 0 Å². The van der Waals surface area contributed by atoms with Crippen molar-refractivity contribution in [3.63, 3.8) is 0 Å². The van der Waals surface area contributed by atoms with Crippen molar-refractivity contribution in [1.29, 1.82) is 0 Å². The molecule has 0 unspecified atom stereocenters. The van der Waals surface area contributed by atoms with E-state index < -0.39 is 15.9 Å². The van der Waals surface area contributed by atoms with Crippen molar-refractivity contribution < 1.29 is 13.2 Å². The lowest BCUT2D eigenvalue weighted by molar-refractivity contribution is 0.0981. The third-order valence-corrected chi connectivity index (χ3v) is 2.65. The quantitative estimate of drug-likeness (QED) is 0.692. The van der Waals surface area contributed by atoms with E-state index in [-0.39, 0.29) is 11.3 Å². The van der Waals surface area contributed by atoms with Crippen LogP contribution in [-0.2, 0) is 10.0 Å². The fourth-order valence-corrected chi connectivity index (χ4v) is 1.19. The minimum Gasteiger partial charge on any atom is -0.285 e. The summed E-state index contributed by atoms with van der Waals surface area (Å²) in [4.78, 5) is 11.1. The van der Waals surface area contributed by atoms with E-state index in [1.165, 1.54) is 19.3 Å². The zero-order valence-electron chi connectivity index (χ0n) is 6.94. The first-order chi connectivity index (χ1) is 6.05. The van der Waals surface area contributed by atoms with Gasteiger partial charge in [-0.15, -0.1) is 0 Å². The molecule has 13 heavy (non-hydrogen) atoms. The summed E-state index contributed by atoms with van der Waals surface area (Å²) in [7, 11) is -3.49. The Morgan fingerprint density at radius 3 is 2.85 bits per heavy atom. The van der Waals surface area contributed by atoms with Crippen LogP contribution in [0.25, 0.3) is 0 Å². The summed E-state index contributed by atoms with van der Waals surface area (Å²) < 4.78 is 23.8. The van der Waals surface area contributed by atoms with Crippen molar-refractivity contribution >= 4 is 15.9 Å². The smallest absolute Gasteiger partial charge is 0.267 e. The SMILES string of the molecule is CCS(=O)(=O)NC(=O)c1cn[nH]c1. The first-order valence-corrected chi connectivity index (χ1v) is 5.24. The molecule has 1 rings (SSSR count). The summed E-state index contributed by atoms with van der Waals surface area (Å²) in [5.74, 6) is -0.799. The minimum atomic E-state index is -3.49. The Morgan fingerprint density at radius 1 is 1.69 bits per heavy atom. The number of aromatic amines is 1. The van der Waals surface area contributed by atoms with Crippen LogP contribution in [0.3, 0.4) is 0 Å². The van der Waals surface area contributed by atoms with Crippen LogP contribution in [0.5, 0.6) is 0 Å². The molecular weight excluding hydrogens is 194 g/mol. The number of sulfonamides is 1. The predicted octanol–water partition coefficient (Wildman–Crippen LogP) is -0.511. The molecule has 0 atom stereocenters. The predicted molar refractivity (Wildman–Crippen MR) is 45.5 cm³/mol. The molecule has 0 radical (unpaired) electrons. The van der Waals surface area contributed by atoms with E-state index in [1.807, 2.05) is 4.72 Å². The fourth-order valence-electron chi connectivity index (χ4n) is 0.647. The van der Waals surface area contributed by atoms with Crippen LogP contribution in [0.4, 0.5) is 0 Å². The molecule has 1 aromatic heterocycles. The van der Waals surface area contributed by atoms with Gasteiger partial charge in [-0.25, -0.2) is 13.1 Å². The second-order valence-electron chi connectivity index (χ2n) is 2.32. The van der Waals surface area contributed by atoms with E-state index >= 15 is 0 Å². The Bertz CT molecular complexity index is 381. The molecule has 0 saturated heterocycles. The van der Waals surface area contributed by atoms with Gasteiger partial charge < -0.3 is 0 Å². The number of carbonyl (C=O) groups is 1. The highest BCUT2D eigenvalue weighted by Gasteiger charge is 2.13. The summed E-state index contributed by atoms with van der Waals surface area (Å²) >= 11 is 0. The van der Waals surface area contributed by atoms with Gasteiger partial charge in [0.1, 0.15) is 0 Å². The van der Waals surface area contributed by atoms with Gasteiger partial charge in [0.05, 0.1) is 17.5 Å². The molecule has 0 fully saturated rings. The molecule has 7 heteroatoms. The molecule has 0 spiro atoms. The Balaban J connectivity index is 2.73. The molecule has 1 amide bonds. The fraction of sp³-hybridized carbons (Fsp3) is 0.333. The lowest BCUT2D eigenvalue weighted by Gasteiger charge is -2.01. The summed E-state index contributed by atoms with van der Waals surface area (Å²) in [6, 6.07) is 0. The number of hydrogen-bond donors (Lipinski definition) is 2. The van der Waals surface area contributed by atoms with E-state index in [0.717, 1.165) is 0 Å². The molecule has 0 bridgehead atoms. The van der Waals surface area contributed by atoms with E-state index in [2.05, 4.69) is 10.2 Å². The number of aromatic nitrogens is 2. The molecule has 0 aliphatic heterocycles. The second-order valence-corrected chi connectivity index (χ2v) is 4.33.